The van der Waals surface area contributed by atoms with Gasteiger partial charge in [-0.05, 0) is 44.0 Å². The van der Waals surface area contributed by atoms with Crippen molar-refractivity contribution in [1.29, 1.82) is 0 Å². The van der Waals surface area contributed by atoms with Crippen LogP contribution in [0, 0.1) is 0 Å². The van der Waals surface area contributed by atoms with Crippen molar-refractivity contribution in [3.63, 3.8) is 0 Å². The summed E-state index contributed by atoms with van der Waals surface area (Å²) in [6.07, 6.45) is 0.978. The van der Waals surface area contributed by atoms with E-state index >= 15 is 0 Å². The molecule has 1 aromatic carbocycles. The summed E-state index contributed by atoms with van der Waals surface area (Å²) in [4.78, 5) is 23.4. The van der Waals surface area contributed by atoms with Crippen LogP contribution in [0.2, 0.25) is 0 Å². The highest BCUT2D eigenvalue weighted by Crippen LogP contribution is 2.19. The molecule has 7 heteroatoms. The average Bonchev–Trinajstić information content (AvgIpc) is 3.22. The Morgan fingerprint density at radius 3 is 2.38 bits per heavy atom. The van der Waals surface area contributed by atoms with Crippen LogP contribution in [0.15, 0.2) is 24.3 Å². The molecule has 1 atom stereocenters. The maximum atomic E-state index is 12.0. The lowest BCUT2D eigenvalue weighted by atomic mass is 10.2. The summed E-state index contributed by atoms with van der Waals surface area (Å²) >= 11 is 0. The van der Waals surface area contributed by atoms with Gasteiger partial charge in [-0.2, -0.15) is 8.78 Å². The number of halogens is 2. The molecule has 2 rings (SSSR count). The van der Waals surface area contributed by atoms with Crippen molar-refractivity contribution in [3.05, 3.63) is 29.8 Å². The molecule has 0 bridgehead atoms. The molecule has 1 aromatic rings. The van der Waals surface area contributed by atoms with Crippen LogP contribution >= 0.6 is 0 Å². The van der Waals surface area contributed by atoms with Gasteiger partial charge >= 0.3 is 12.6 Å². The summed E-state index contributed by atoms with van der Waals surface area (Å²) in [6, 6.07) is 5.25. The van der Waals surface area contributed by atoms with Crippen molar-refractivity contribution in [1.82, 2.24) is 5.32 Å². The fourth-order valence-corrected chi connectivity index (χ4v) is 1.60. The molecule has 0 saturated heterocycles. The molecule has 0 radical (unpaired) electrons. The minimum Gasteiger partial charge on any atom is -0.449 e. The molecule has 1 unspecified atom stereocenters. The number of alkyl halides is 2. The van der Waals surface area contributed by atoms with Crippen molar-refractivity contribution in [2.75, 3.05) is 0 Å². The van der Waals surface area contributed by atoms with Gasteiger partial charge in [-0.25, -0.2) is 4.79 Å². The van der Waals surface area contributed by atoms with Gasteiger partial charge < -0.3 is 14.8 Å². The van der Waals surface area contributed by atoms with Gasteiger partial charge in [0.1, 0.15) is 5.75 Å². The second-order valence-corrected chi connectivity index (χ2v) is 4.73. The van der Waals surface area contributed by atoms with Crippen LogP contribution < -0.4 is 10.1 Å². The van der Waals surface area contributed by atoms with Gasteiger partial charge in [-0.3, -0.25) is 4.79 Å². The summed E-state index contributed by atoms with van der Waals surface area (Å²) in [7, 11) is 0. The fourth-order valence-electron chi connectivity index (χ4n) is 1.60. The number of ether oxygens (including phenoxy) is 2. The van der Waals surface area contributed by atoms with Gasteiger partial charge in [-0.15, -0.1) is 0 Å². The van der Waals surface area contributed by atoms with Gasteiger partial charge in [0.05, 0.1) is 5.56 Å². The van der Waals surface area contributed by atoms with E-state index in [0.717, 1.165) is 12.8 Å². The Hall–Kier alpha value is -2.18. The first-order chi connectivity index (χ1) is 9.95. The molecule has 1 aliphatic carbocycles. The normalized spacial score (nSPS) is 15.4. The third kappa shape index (κ3) is 4.70. The number of amides is 1. The Bertz CT molecular complexity index is 514. The summed E-state index contributed by atoms with van der Waals surface area (Å²) in [6.45, 7) is -1.45. The van der Waals surface area contributed by atoms with Crippen LogP contribution in [0.4, 0.5) is 8.78 Å². The molecule has 0 spiro atoms. The monoisotopic (exact) mass is 299 g/mol. The number of benzene rings is 1. The first-order valence-electron chi connectivity index (χ1n) is 6.52. The second kappa shape index (κ2) is 6.51. The van der Waals surface area contributed by atoms with E-state index in [0.29, 0.717) is 0 Å². The molecule has 0 aliphatic heterocycles. The Labute approximate surface area is 120 Å². The fraction of sp³-hybridized carbons (Fsp3) is 0.429. The van der Waals surface area contributed by atoms with E-state index in [1.54, 1.807) is 0 Å². The van der Waals surface area contributed by atoms with E-state index in [1.165, 1.54) is 31.2 Å². The summed E-state index contributed by atoms with van der Waals surface area (Å²) in [5.74, 6) is -1.10. The standard InChI is InChI=1S/C14H15F2NO4/c1-8(12(18)17-10-4-5-10)20-13(19)9-2-6-11(7-3-9)21-14(15)16/h2-3,6-8,10,14H,4-5H2,1H3,(H,17,18). The van der Waals surface area contributed by atoms with Crippen LogP contribution in [-0.2, 0) is 9.53 Å². The highest BCUT2D eigenvalue weighted by molar-refractivity contribution is 5.92. The predicted molar refractivity (Wildman–Crippen MR) is 69.1 cm³/mol. The molecule has 1 amide bonds. The number of nitrogens with one attached hydrogen (secondary N) is 1. The number of hydrogen-bond acceptors (Lipinski definition) is 4. The predicted octanol–water partition coefficient (Wildman–Crippen LogP) is 2.11. The average molecular weight is 299 g/mol. The molecule has 1 saturated carbocycles. The maximum absolute atomic E-state index is 12.0. The molecule has 1 fully saturated rings. The maximum Gasteiger partial charge on any atom is 0.387 e. The Morgan fingerprint density at radius 2 is 1.86 bits per heavy atom. The third-order valence-corrected chi connectivity index (χ3v) is 2.89. The first-order valence-corrected chi connectivity index (χ1v) is 6.52. The molecule has 0 heterocycles. The molecule has 1 N–H and O–H groups in total. The molecule has 1 aliphatic rings. The Morgan fingerprint density at radius 1 is 1.24 bits per heavy atom. The first kappa shape index (κ1) is 15.2. The van der Waals surface area contributed by atoms with Crippen LogP contribution in [0.3, 0.4) is 0 Å². The van der Waals surface area contributed by atoms with Crippen LogP contribution in [0.5, 0.6) is 5.75 Å². The van der Waals surface area contributed by atoms with Gasteiger partial charge in [0.2, 0.25) is 0 Å². The topological polar surface area (TPSA) is 64.6 Å². The van der Waals surface area contributed by atoms with Crippen LogP contribution in [0.1, 0.15) is 30.1 Å². The lowest BCUT2D eigenvalue weighted by Gasteiger charge is -2.13. The number of hydrogen-bond donors (Lipinski definition) is 1. The Kier molecular flexibility index (Phi) is 4.72. The lowest BCUT2D eigenvalue weighted by molar-refractivity contribution is -0.129. The SMILES string of the molecule is CC(OC(=O)c1ccc(OC(F)F)cc1)C(=O)NC1CC1. The lowest BCUT2D eigenvalue weighted by Crippen LogP contribution is -2.37. The molecule has 5 nitrogen and oxygen atoms in total. The van der Waals surface area contributed by atoms with Crippen molar-refractivity contribution in [3.8, 4) is 5.75 Å². The summed E-state index contributed by atoms with van der Waals surface area (Å²) in [5, 5.41) is 2.72. The molecule has 21 heavy (non-hydrogen) atoms. The number of carbonyl (C=O) groups is 2. The van der Waals surface area contributed by atoms with E-state index in [9.17, 15) is 18.4 Å². The summed E-state index contributed by atoms with van der Waals surface area (Å²) < 4.78 is 33.2. The minimum atomic E-state index is -2.92. The van der Waals surface area contributed by atoms with Gasteiger partial charge in [0, 0.05) is 6.04 Å². The quantitative estimate of drug-likeness (QED) is 0.817. The van der Waals surface area contributed by atoms with Crippen molar-refractivity contribution in [2.45, 2.75) is 38.5 Å². The highest BCUT2D eigenvalue weighted by atomic mass is 19.3. The van der Waals surface area contributed by atoms with E-state index in [-0.39, 0.29) is 23.3 Å². The third-order valence-electron chi connectivity index (χ3n) is 2.89. The van der Waals surface area contributed by atoms with Crippen LogP contribution in [-0.4, -0.2) is 30.6 Å². The summed E-state index contributed by atoms with van der Waals surface area (Å²) in [5.41, 5.74) is 0.155. The van der Waals surface area contributed by atoms with E-state index < -0.39 is 18.7 Å². The van der Waals surface area contributed by atoms with Crippen molar-refractivity contribution >= 4 is 11.9 Å². The molecule has 0 aromatic heterocycles. The second-order valence-electron chi connectivity index (χ2n) is 4.73. The van der Waals surface area contributed by atoms with Gasteiger partial charge in [-0.1, -0.05) is 0 Å². The van der Waals surface area contributed by atoms with Crippen molar-refractivity contribution in [2.24, 2.45) is 0 Å². The number of esters is 1. The molecule has 114 valence electrons. The van der Waals surface area contributed by atoms with Crippen molar-refractivity contribution < 1.29 is 27.8 Å². The van der Waals surface area contributed by atoms with Crippen LogP contribution in [0.25, 0.3) is 0 Å². The zero-order chi connectivity index (χ0) is 15.4. The number of carbonyl (C=O) groups excluding carboxylic acids is 2. The zero-order valence-electron chi connectivity index (χ0n) is 11.3. The smallest absolute Gasteiger partial charge is 0.387 e. The zero-order valence-corrected chi connectivity index (χ0v) is 11.3. The van der Waals surface area contributed by atoms with Gasteiger partial charge in [0.15, 0.2) is 6.10 Å². The van der Waals surface area contributed by atoms with Gasteiger partial charge in [0.25, 0.3) is 5.91 Å². The van der Waals surface area contributed by atoms with E-state index in [1.807, 2.05) is 0 Å². The highest BCUT2D eigenvalue weighted by Gasteiger charge is 2.27. The largest absolute Gasteiger partial charge is 0.449 e. The minimum absolute atomic E-state index is 0.0546. The van der Waals surface area contributed by atoms with E-state index in [2.05, 4.69) is 10.1 Å². The van der Waals surface area contributed by atoms with E-state index in [4.69, 9.17) is 4.74 Å². The Balaban J connectivity index is 1.88. The molecular weight excluding hydrogens is 284 g/mol. The number of rotatable bonds is 6. The molecular formula is C14H15F2NO4.